The Bertz CT molecular complexity index is 457. The second kappa shape index (κ2) is 4.28. The van der Waals surface area contributed by atoms with Gasteiger partial charge >= 0.3 is 0 Å². The molecule has 0 unspecified atom stereocenters. The summed E-state index contributed by atoms with van der Waals surface area (Å²) in [5.41, 5.74) is 2.16. The van der Waals surface area contributed by atoms with Crippen molar-refractivity contribution in [3.8, 4) is 11.1 Å². The van der Waals surface area contributed by atoms with Gasteiger partial charge in [-0.05, 0) is 46.4 Å². The number of halogens is 2. The zero-order chi connectivity index (χ0) is 9.97. The highest BCUT2D eigenvalue weighted by Crippen LogP contribution is 2.27. The Morgan fingerprint density at radius 3 is 2.64 bits per heavy atom. The summed E-state index contributed by atoms with van der Waals surface area (Å²) in [7, 11) is 0. The number of nitrogens with zero attached hydrogens (tertiary/aromatic N) is 1. The average Bonchev–Trinajstić information content (AvgIpc) is 2.18. The molecule has 0 N–H and O–H groups in total. The molecule has 0 atom stereocenters. The molecule has 0 bridgehead atoms. The Morgan fingerprint density at radius 1 is 1.14 bits per heavy atom. The first-order chi connectivity index (χ1) is 6.77. The fourth-order valence-electron chi connectivity index (χ4n) is 1.27. The molecule has 2 aromatic rings. The van der Waals surface area contributed by atoms with Crippen LogP contribution >= 0.6 is 34.2 Å². The van der Waals surface area contributed by atoms with Crippen molar-refractivity contribution in [3.63, 3.8) is 0 Å². The fraction of sp³-hybridized carbons (Fsp3) is 0. The normalized spacial score (nSPS) is 10.1. The summed E-state index contributed by atoms with van der Waals surface area (Å²) in [6, 6.07) is 11.8. The van der Waals surface area contributed by atoms with Gasteiger partial charge in [0, 0.05) is 16.8 Å². The van der Waals surface area contributed by atoms with Gasteiger partial charge in [-0.2, -0.15) is 0 Å². The molecular formula is C11H7ClIN. The third kappa shape index (κ3) is 2.07. The largest absolute Gasteiger partial charge is 0.250 e. The van der Waals surface area contributed by atoms with E-state index in [0.717, 1.165) is 19.9 Å². The number of rotatable bonds is 1. The lowest BCUT2D eigenvalue weighted by atomic mass is 10.1. The topological polar surface area (TPSA) is 12.9 Å². The Hall–Kier alpha value is -0.610. The van der Waals surface area contributed by atoms with Crippen LogP contribution in [0.2, 0.25) is 5.02 Å². The molecule has 0 aliphatic heterocycles. The molecule has 0 spiro atoms. The summed E-state index contributed by atoms with van der Waals surface area (Å²) in [6.45, 7) is 0. The predicted molar refractivity (Wildman–Crippen MR) is 67.4 cm³/mol. The lowest BCUT2D eigenvalue weighted by Crippen LogP contribution is -1.83. The molecule has 0 amide bonds. The first kappa shape index (κ1) is 9.93. The molecule has 0 saturated heterocycles. The van der Waals surface area contributed by atoms with Crippen LogP contribution in [0.3, 0.4) is 0 Å². The van der Waals surface area contributed by atoms with E-state index in [0.29, 0.717) is 0 Å². The van der Waals surface area contributed by atoms with Crippen molar-refractivity contribution in [2.75, 3.05) is 0 Å². The lowest BCUT2D eigenvalue weighted by molar-refractivity contribution is 1.27. The van der Waals surface area contributed by atoms with Crippen molar-refractivity contribution in [2.24, 2.45) is 0 Å². The quantitative estimate of drug-likeness (QED) is 0.572. The third-order valence-corrected chi connectivity index (χ3v) is 2.83. The van der Waals surface area contributed by atoms with E-state index in [-0.39, 0.29) is 0 Å². The van der Waals surface area contributed by atoms with E-state index in [4.69, 9.17) is 11.6 Å². The van der Waals surface area contributed by atoms with E-state index in [1.54, 1.807) is 6.20 Å². The highest BCUT2D eigenvalue weighted by atomic mass is 127. The van der Waals surface area contributed by atoms with Crippen molar-refractivity contribution >= 4 is 34.2 Å². The van der Waals surface area contributed by atoms with Crippen molar-refractivity contribution in [3.05, 3.63) is 51.3 Å². The van der Waals surface area contributed by atoms with Gasteiger partial charge in [0.15, 0.2) is 0 Å². The second-order valence-electron chi connectivity index (χ2n) is 2.85. The summed E-state index contributed by atoms with van der Waals surface area (Å²) in [6.07, 6.45) is 1.79. The maximum absolute atomic E-state index is 6.09. The van der Waals surface area contributed by atoms with Gasteiger partial charge < -0.3 is 0 Å². The molecule has 0 aliphatic carbocycles. The molecule has 1 aromatic heterocycles. The minimum Gasteiger partial charge on any atom is -0.250 e. The minimum atomic E-state index is 0.773. The molecule has 14 heavy (non-hydrogen) atoms. The Labute approximate surface area is 101 Å². The first-order valence-electron chi connectivity index (χ1n) is 4.14. The average molecular weight is 316 g/mol. The van der Waals surface area contributed by atoms with Gasteiger partial charge in [0.2, 0.25) is 0 Å². The maximum atomic E-state index is 6.09. The van der Waals surface area contributed by atoms with Crippen LogP contribution in [-0.4, -0.2) is 4.98 Å². The number of hydrogen-bond donors (Lipinski definition) is 0. The van der Waals surface area contributed by atoms with Crippen molar-refractivity contribution in [1.82, 2.24) is 4.98 Å². The van der Waals surface area contributed by atoms with Crippen LogP contribution in [0.4, 0.5) is 0 Å². The number of hydrogen-bond acceptors (Lipinski definition) is 1. The summed E-state index contributed by atoms with van der Waals surface area (Å²) >= 11 is 8.28. The third-order valence-electron chi connectivity index (χ3n) is 1.91. The van der Waals surface area contributed by atoms with Gasteiger partial charge in [-0.15, -0.1) is 0 Å². The van der Waals surface area contributed by atoms with Gasteiger partial charge in [0.25, 0.3) is 0 Å². The van der Waals surface area contributed by atoms with Crippen LogP contribution in [0.1, 0.15) is 0 Å². The van der Waals surface area contributed by atoms with Gasteiger partial charge in [-0.25, -0.2) is 0 Å². The van der Waals surface area contributed by atoms with Crippen LogP contribution in [0, 0.1) is 3.70 Å². The zero-order valence-corrected chi connectivity index (χ0v) is 10.2. The maximum Gasteiger partial charge on any atom is 0.101 e. The van der Waals surface area contributed by atoms with Gasteiger partial charge in [-0.1, -0.05) is 29.8 Å². The summed E-state index contributed by atoms with van der Waals surface area (Å²) < 4.78 is 0.972. The number of pyridine rings is 1. The van der Waals surface area contributed by atoms with Gasteiger partial charge in [0.1, 0.15) is 3.70 Å². The number of benzene rings is 1. The van der Waals surface area contributed by atoms with E-state index in [9.17, 15) is 0 Å². The Morgan fingerprint density at radius 2 is 1.93 bits per heavy atom. The standard InChI is InChI=1S/C11H7ClIN/c12-10-4-2-1-3-9(10)8-5-6-14-11(13)7-8/h1-7H. The smallest absolute Gasteiger partial charge is 0.101 e. The second-order valence-corrected chi connectivity index (χ2v) is 4.36. The van der Waals surface area contributed by atoms with E-state index in [1.807, 2.05) is 36.4 Å². The SMILES string of the molecule is Clc1ccccc1-c1ccnc(I)c1. The van der Waals surface area contributed by atoms with Crippen LogP contribution in [0.15, 0.2) is 42.6 Å². The lowest BCUT2D eigenvalue weighted by Gasteiger charge is -2.03. The Kier molecular flexibility index (Phi) is 3.03. The van der Waals surface area contributed by atoms with Crippen molar-refractivity contribution in [1.29, 1.82) is 0 Å². The predicted octanol–water partition coefficient (Wildman–Crippen LogP) is 4.01. The van der Waals surface area contributed by atoms with Crippen LogP contribution in [-0.2, 0) is 0 Å². The van der Waals surface area contributed by atoms with E-state index >= 15 is 0 Å². The van der Waals surface area contributed by atoms with Crippen molar-refractivity contribution < 1.29 is 0 Å². The zero-order valence-electron chi connectivity index (χ0n) is 7.24. The molecule has 0 saturated carbocycles. The first-order valence-corrected chi connectivity index (χ1v) is 5.59. The van der Waals surface area contributed by atoms with Gasteiger partial charge in [0.05, 0.1) is 0 Å². The summed E-state index contributed by atoms with van der Waals surface area (Å²) in [4.78, 5) is 4.14. The molecule has 0 aliphatic rings. The molecular weight excluding hydrogens is 308 g/mol. The van der Waals surface area contributed by atoms with E-state index in [1.165, 1.54) is 0 Å². The highest BCUT2D eigenvalue weighted by molar-refractivity contribution is 14.1. The summed E-state index contributed by atoms with van der Waals surface area (Å²) in [5.74, 6) is 0. The molecule has 1 aromatic carbocycles. The monoisotopic (exact) mass is 315 g/mol. The highest BCUT2D eigenvalue weighted by Gasteiger charge is 2.02. The minimum absolute atomic E-state index is 0.773. The number of aromatic nitrogens is 1. The molecule has 1 heterocycles. The molecule has 2 rings (SSSR count). The molecule has 0 fully saturated rings. The van der Waals surface area contributed by atoms with Crippen molar-refractivity contribution in [2.45, 2.75) is 0 Å². The van der Waals surface area contributed by atoms with Crippen LogP contribution < -0.4 is 0 Å². The molecule has 70 valence electrons. The summed E-state index contributed by atoms with van der Waals surface area (Å²) in [5, 5.41) is 0.773. The van der Waals surface area contributed by atoms with E-state index in [2.05, 4.69) is 27.6 Å². The van der Waals surface area contributed by atoms with E-state index < -0.39 is 0 Å². The van der Waals surface area contributed by atoms with Gasteiger partial charge in [-0.3, -0.25) is 4.98 Å². The molecule has 3 heteroatoms. The Balaban J connectivity index is 2.55. The van der Waals surface area contributed by atoms with Crippen LogP contribution in [0.5, 0.6) is 0 Å². The molecule has 1 nitrogen and oxygen atoms in total. The fourth-order valence-corrected chi connectivity index (χ4v) is 2.01. The van der Waals surface area contributed by atoms with Crippen LogP contribution in [0.25, 0.3) is 11.1 Å². The molecule has 0 radical (unpaired) electrons.